The van der Waals surface area contributed by atoms with E-state index in [-0.39, 0.29) is 21.7 Å². The Morgan fingerprint density at radius 2 is 1.64 bits per heavy atom. The maximum Gasteiger partial charge on any atom is 0.236 e. The fraction of sp³-hybridized carbons (Fsp3) is 0.250. The summed E-state index contributed by atoms with van der Waals surface area (Å²) >= 11 is 5.91. The molecule has 0 unspecified atom stereocenters. The zero-order valence-electron chi connectivity index (χ0n) is 15.3. The number of rotatable bonds is 4. The van der Waals surface area contributed by atoms with E-state index in [1.165, 1.54) is 12.1 Å². The highest BCUT2D eigenvalue weighted by Gasteiger charge is 2.32. The monoisotopic (exact) mass is 418 g/mol. The van der Waals surface area contributed by atoms with Crippen molar-refractivity contribution in [1.82, 2.24) is 4.98 Å². The Morgan fingerprint density at radius 3 is 2.29 bits per heavy atom. The van der Waals surface area contributed by atoms with E-state index in [2.05, 4.69) is 4.98 Å². The minimum absolute atomic E-state index is 0.0905. The van der Waals surface area contributed by atoms with Crippen molar-refractivity contribution in [2.45, 2.75) is 16.8 Å². The van der Waals surface area contributed by atoms with E-state index in [4.69, 9.17) is 20.8 Å². The van der Waals surface area contributed by atoms with Crippen molar-refractivity contribution in [1.29, 1.82) is 0 Å². The Morgan fingerprint density at radius 1 is 1.00 bits per heavy atom. The van der Waals surface area contributed by atoms with Gasteiger partial charge in [0, 0.05) is 23.7 Å². The van der Waals surface area contributed by atoms with Crippen LogP contribution < -0.4 is 4.90 Å². The normalized spacial score (nSPS) is 15.0. The lowest BCUT2D eigenvalue weighted by atomic mass is 10.1. The number of hydrogen-bond acceptors (Lipinski definition) is 6. The van der Waals surface area contributed by atoms with Gasteiger partial charge in [-0.05, 0) is 43.3 Å². The second kappa shape index (κ2) is 7.58. The van der Waals surface area contributed by atoms with Gasteiger partial charge < -0.3 is 14.1 Å². The molecule has 146 valence electrons. The van der Waals surface area contributed by atoms with Crippen LogP contribution in [0.4, 0.5) is 5.88 Å². The molecule has 0 amide bonds. The number of benzene rings is 2. The van der Waals surface area contributed by atoms with Crippen molar-refractivity contribution in [3.8, 4) is 11.5 Å². The summed E-state index contributed by atoms with van der Waals surface area (Å²) in [5, 5.41) is 0.375. The zero-order chi connectivity index (χ0) is 19.7. The standard InChI is InChI=1S/C20H19ClN2O4S/c1-14-2-4-15(5-3-14)18-22-19(20(27-18)23-10-12-26-13-11-23)28(24,25)17-8-6-16(21)7-9-17/h2-9H,10-13H2,1H3. The molecule has 8 heteroatoms. The number of sulfone groups is 1. The number of nitrogens with zero attached hydrogens (tertiary/aromatic N) is 2. The van der Waals surface area contributed by atoms with Crippen LogP contribution in [-0.2, 0) is 14.6 Å². The van der Waals surface area contributed by atoms with Gasteiger partial charge in [-0.1, -0.05) is 29.3 Å². The van der Waals surface area contributed by atoms with E-state index in [1.807, 2.05) is 36.1 Å². The molecule has 1 aromatic heterocycles. The summed E-state index contributed by atoms with van der Waals surface area (Å²) in [6.45, 7) is 4.05. The summed E-state index contributed by atoms with van der Waals surface area (Å²) in [6, 6.07) is 13.6. The van der Waals surface area contributed by atoms with Crippen molar-refractivity contribution in [3.05, 3.63) is 59.1 Å². The summed E-state index contributed by atoms with van der Waals surface area (Å²) in [5.41, 5.74) is 1.82. The fourth-order valence-electron chi connectivity index (χ4n) is 2.98. The van der Waals surface area contributed by atoms with Gasteiger partial charge in [-0.15, -0.1) is 0 Å². The molecule has 3 aromatic rings. The maximum absolute atomic E-state index is 13.3. The minimum atomic E-state index is -3.88. The number of morpholine rings is 1. The summed E-state index contributed by atoms with van der Waals surface area (Å²) in [6.07, 6.45) is 0. The molecule has 28 heavy (non-hydrogen) atoms. The van der Waals surface area contributed by atoms with Crippen LogP contribution in [0.15, 0.2) is 62.9 Å². The Bertz CT molecular complexity index is 1070. The molecule has 1 saturated heterocycles. The first-order chi connectivity index (χ1) is 13.4. The van der Waals surface area contributed by atoms with Crippen molar-refractivity contribution in [3.63, 3.8) is 0 Å². The lowest BCUT2D eigenvalue weighted by molar-refractivity contribution is 0.120. The molecule has 0 atom stereocenters. The molecule has 0 radical (unpaired) electrons. The summed E-state index contributed by atoms with van der Waals surface area (Å²) in [4.78, 5) is 6.36. The Balaban J connectivity index is 1.84. The van der Waals surface area contributed by atoms with E-state index in [0.717, 1.165) is 11.1 Å². The summed E-state index contributed by atoms with van der Waals surface area (Å²) in [7, 11) is -3.88. The van der Waals surface area contributed by atoms with Crippen LogP contribution in [0.2, 0.25) is 5.02 Å². The molecule has 0 N–H and O–H groups in total. The van der Waals surface area contributed by atoms with Gasteiger partial charge in [0.2, 0.25) is 26.6 Å². The first-order valence-corrected chi connectivity index (χ1v) is 10.7. The topological polar surface area (TPSA) is 72.6 Å². The molecule has 0 spiro atoms. The number of halogens is 1. The van der Waals surface area contributed by atoms with Crippen molar-refractivity contribution in [2.75, 3.05) is 31.2 Å². The largest absolute Gasteiger partial charge is 0.419 e. The second-order valence-corrected chi connectivity index (χ2v) is 8.85. The zero-order valence-corrected chi connectivity index (χ0v) is 16.8. The van der Waals surface area contributed by atoms with Gasteiger partial charge in [0.1, 0.15) is 0 Å². The Labute approximate surface area is 168 Å². The quantitative estimate of drug-likeness (QED) is 0.638. The van der Waals surface area contributed by atoms with Gasteiger partial charge in [-0.2, -0.15) is 4.98 Å². The number of aromatic nitrogens is 1. The van der Waals surface area contributed by atoms with Gasteiger partial charge in [-0.3, -0.25) is 0 Å². The number of aryl methyl sites for hydroxylation is 1. The van der Waals surface area contributed by atoms with E-state index in [9.17, 15) is 8.42 Å². The van der Waals surface area contributed by atoms with Crippen LogP contribution in [0.3, 0.4) is 0 Å². The number of hydrogen-bond donors (Lipinski definition) is 0. The summed E-state index contributed by atoms with van der Waals surface area (Å²) < 4.78 is 37.9. The van der Waals surface area contributed by atoms with E-state index in [1.54, 1.807) is 12.1 Å². The van der Waals surface area contributed by atoms with Crippen LogP contribution in [0.25, 0.3) is 11.5 Å². The predicted octanol–water partition coefficient (Wildman–Crippen LogP) is 3.97. The molecule has 0 saturated carbocycles. The van der Waals surface area contributed by atoms with E-state index >= 15 is 0 Å². The third-order valence-corrected chi connectivity index (χ3v) is 6.47. The van der Waals surface area contributed by atoms with Crippen LogP contribution in [-0.4, -0.2) is 39.7 Å². The molecular weight excluding hydrogens is 400 g/mol. The van der Waals surface area contributed by atoms with E-state index in [0.29, 0.717) is 31.3 Å². The third kappa shape index (κ3) is 3.65. The van der Waals surface area contributed by atoms with Crippen molar-refractivity contribution < 1.29 is 17.6 Å². The molecule has 2 aromatic carbocycles. The van der Waals surface area contributed by atoms with Crippen LogP contribution in [0.1, 0.15) is 5.56 Å². The lowest BCUT2D eigenvalue weighted by Gasteiger charge is -2.26. The van der Waals surface area contributed by atoms with Gasteiger partial charge >= 0.3 is 0 Å². The van der Waals surface area contributed by atoms with Crippen LogP contribution in [0.5, 0.6) is 0 Å². The molecule has 1 aliphatic rings. The Kier molecular flexibility index (Phi) is 5.14. The molecule has 1 fully saturated rings. The molecule has 4 rings (SSSR count). The van der Waals surface area contributed by atoms with Crippen molar-refractivity contribution in [2.24, 2.45) is 0 Å². The predicted molar refractivity (Wildman–Crippen MR) is 107 cm³/mol. The van der Waals surface area contributed by atoms with Gasteiger partial charge in [0.15, 0.2) is 0 Å². The number of ether oxygens (including phenoxy) is 1. The highest BCUT2D eigenvalue weighted by molar-refractivity contribution is 7.91. The highest BCUT2D eigenvalue weighted by atomic mass is 35.5. The minimum Gasteiger partial charge on any atom is -0.419 e. The Hall–Kier alpha value is -2.35. The van der Waals surface area contributed by atoms with E-state index < -0.39 is 9.84 Å². The molecule has 2 heterocycles. The average molecular weight is 419 g/mol. The van der Waals surface area contributed by atoms with Crippen LogP contribution in [0, 0.1) is 6.92 Å². The molecular formula is C20H19ClN2O4S. The molecule has 0 bridgehead atoms. The second-order valence-electron chi connectivity index (χ2n) is 6.55. The first kappa shape index (κ1) is 19.0. The van der Waals surface area contributed by atoms with Crippen LogP contribution >= 0.6 is 11.6 Å². The lowest BCUT2D eigenvalue weighted by Crippen LogP contribution is -2.36. The molecule has 0 aliphatic carbocycles. The number of oxazole rings is 1. The third-order valence-electron chi connectivity index (χ3n) is 4.55. The first-order valence-electron chi connectivity index (χ1n) is 8.86. The van der Waals surface area contributed by atoms with Gasteiger partial charge in [0.05, 0.1) is 18.1 Å². The SMILES string of the molecule is Cc1ccc(-c2nc(S(=O)(=O)c3ccc(Cl)cc3)c(N3CCOCC3)o2)cc1. The van der Waals surface area contributed by atoms with Gasteiger partial charge in [-0.25, -0.2) is 8.42 Å². The summed E-state index contributed by atoms with van der Waals surface area (Å²) in [5.74, 6) is 0.517. The average Bonchev–Trinajstić information content (AvgIpc) is 3.16. The maximum atomic E-state index is 13.3. The van der Waals surface area contributed by atoms with Crippen molar-refractivity contribution >= 4 is 27.3 Å². The molecule has 1 aliphatic heterocycles. The highest BCUT2D eigenvalue weighted by Crippen LogP contribution is 2.35. The smallest absolute Gasteiger partial charge is 0.236 e. The fourth-order valence-corrected chi connectivity index (χ4v) is 4.43. The van der Waals surface area contributed by atoms with Gasteiger partial charge in [0.25, 0.3) is 0 Å². The number of anilines is 1. The molecule has 6 nitrogen and oxygen atoms in total.